The van der Waals surface area contributed by atoms with Gasteiger partial charge in [-0.15, -0.1) is 0 Å². The summed E-state index contributed by atoms with van der Waals surface area (Å²) >= 11 is 0. The third kappa shape index (κ3) is 3.95. The lowest BCUT2D eigenvalue weighted by Gasteiger charge is -2.18. The SMILES string of the molecule is CO[C@H]1C[C@@H](C)[C@H](NC(=O)Nc2c(C)c(-c3cnn(C)c3)nn2-c2ccccc2)C1. The number of carbonyl (C=O) groups is 1. The Kier molecular flexibility index (Phi) is 5.59. The van der Waals surface area contributed by atoms with Crippen LogP contribution in [0.25, 0.3) is 16.9 Å². The van der Waals surface area contributed by atoms with Gasteiger partial charge in [0.15, 0.2) is 0 Å². The lowest BCUT2D eigenvalue weighted by Crippen LogP contribution is -2.40. The molecule has 0 saturated heterocycles. The van der Waals surface area contributed by atoms with E-state index in [4.69, 9.17) is 9.84 Å². The summed E-state index contributed by atoms with van der Waals surface area (Å²) in [6, 6.07) is 9.63. The van der Waals surface area contributed by atoms with Crippen LogP contribution in [-0.4, -0.2) is 44.8 Å². The van der Waals surface area contributed by atoms with E-state index in [2.05, 4.69) is 22.7 Å². The molecular weight excluding hydrogens is 380 g/mol. The minimum absolute atomic E-state index is 0.0844. The zero-order valence-corrected chi connectivity index (χ0v) is 17.8. The van der Waals surface area contributed by atoms with Gasteiger partial charge in [-0.1, -0.05) is 25.1 Å². The molecule has 0 unspecified atom stereocenters. The van der Waals surface area contributed by atoms with Gasteiger partial charge in [0.05, 0.1) is 18.0 Å². The Morgan fingerprint density at radius 2 is 2.00 bits per heavy atom. The van der Waals surface area contributed by atoms with Gasteiger partial charge in [0.2, 0.25) is 0 Å². The zero-order valence-electron chi connectivity index (χ0n) is 17.8. The van der Waals surface area contributed by atoms with Gasteiger partial charge in [0, 0.05) is 37.5 Å². The van der Waals surface area contributed by atoms with Crippen LogP contribution in [-0.2, 0) is 11.8 Å². The van der Waals surface area contributed by atoms with Gasteiger partial charge in [-0.05, 0) is 37.8 Å². The molecule has 4 rings (SSSR count). The summed E-state index contributed by atoms with van der Waals surface area (Å²) in [6.07, 6.45) is 5.66. The number of methoxy groups -OCH3 is 1. The van der Waals surface area contributed by atoms with E-state index in [0.29, 0.717) is 11.7 Å². The fourth-order valence-electron chi connectivity index (χ4n) is 4.11. The van der Waals surface area contributed by atoms with Crippen molar-refractivity contribution in [3.05, 3.63) is 48.3 Å². The first-order valence-electron chi connectivity index (χ1n) is 10.2. The highest BCUT2D eigenvalue weighted by Gasteiger charge is 2.32. The van der Waals surface area contributed by atoms with E-state index >= 15 is 0 Å². The number of hydrogen-bond donors (Lipinski definition) is 2. The average molecular weight is 409 g/mol. The maximum Gasteiger partial charge on any atom is 0.320 e. The van der Waals surface area contributed by atoms with Crippen molar-refractivity contribution < 1.29 is 9.53 Å². The number of ether oxygens (including phenoxy) is 1. The minimum atomic E-state index is -0.235. The molecule has 2 aromatic heterocycles. The van der Waals surface area contributed by atoms with E-state index in [1.54, 1.807) is 22.7 Å². The fraction of sp³-hybridized carbons (Fsp3) is 0.409. The molecule has 158 valence electrons. The van der Waals surface area contributed by atoms with Crippen LogP contribution in [0.4, 0.5) is 10.6 Å². The molecule has 3 atom stereocenters. The molecule has 2 heterocycles. The van der Waals surface area contributed by atoms with Gasteiger partial charge in [-0.25, -0.2) is 9.48 Å². The van der Waals surface area contributed by atoms with E-state index in [1.165, 1.54) is 0 Å². The molecule has 1 aromatic carbocycles. The molecule has 1 saturated carbocycles. The Balaban J connectivity index is 1.63. The molecule has 8 heteroatoms. The number of hydrogen-bond acceptors (Lipinski definition) is 4. The topological polar surface area (TPSA) is 86.0 Å². The molecule has 8 nitrogen and oxygen atoms in total. The second-order valence-electron chi connectivity index (χ2n) is 7.98. The van der Waals surface area contributed by atoms with Gasteiger partial charge in [0.25, 0.3) is 0 Å². The van der Waals surface area contributed by atoms with E-state index in [-0.39, 0.29) is 18.2 Å². The molecule has 0 bridgehead atoms. The molecule has 1 fully saturated rings. The van der Waals surface area contributed by atoms with Gasteiger partial charge in [-0.3, -0.25) is 10.00 Å². The van der Waals surface area contributed by atoms with Crippen molar-refractivity contribution in [1.82, 2.24) is 24.9 Å². The predicted molar refractivity (Wildman–Crippen MR) is 116 cm³/mol. The number of amides is 2. The molecule has 0 aliphatic heterocycles. The highest BCUT2D eigenvalue weighted by atomic mass is 16.5. The van der Waals surface area contributed by atoms with Crippen LogP contribution >= 0.6 is 0 Å². The monoisotopic (exact) mass is 408 g/mol. The van der Waals surface area contributed by atoms with E-state index in [9.17, 15) is 4.79 Å². The minimum Gasteiger partial charge on any atom is -0.381 e. The summed E-state index contributed by atoms with van der Waals surface area (Å²) < 4.78 is 8.98. The number of benzene rings is 1. The van der Waals surface area contributed by atoms with Gasteiger partial charge < -0.3 is 10.1 Å². The van der Waals surface area contributed by atoms with Crippen molar-refractivity contribution in [1.29, 1.82) is 0 Å². The number of para-hydroxylation sites is 1. The van der Waals surface area contributed by atoms with Crippen molar-refractivity contribution in [3.8, 4) is 16.9 Å². The van der Waals surface area contributed by atoms with Crippen LogP contribution in [0.1, 0.15) is 25.3 Å². The van der Waals surface area contributed by atoms with Crippen LogP contribution in [0.2, 0.25) is 0 Å². The largest absolute Gasteiger partial charge is 0.381 e. The second-order valence-corrected chi connectivity index (χ2v) is 7.98. The maximum atomic E-state index is 12.9. The smallest absolute Gasteiger partial charge is 0.320 e. The Bertz CT molecular complexity index is 1030. The molecular formula is C22H28N6O2. The van der Waals surface area contributed by atoms with E-state index < -0.39 is 0 Å². The maximum absolute atomic E-state index is 12.9. The third-order valence-electron chi connectivity index (χ3n) is 5.82. The van der Waals surface area contributed by atoms with Crippen molar-refractivity contribution in [3.63, 3.8) is 0 Å². The summed E-state index contributed by atoms with van der Waals surface area (Å²) in [5, 5.41) is 15.2. The van der Waals surface area contributed by atoms with Gasteiger partial charge >= 0.3 is 6.03 Å². The molecule has 0 radical (unpaired) electrons. The fourth-order valence-corrected chi connectivity index (χ4v) is 4.11. The van der Waals surface area contributed by atoms with Crippen LogP contribution < -0.4 is 10.6 Å². The van der Waals surface area contributed by atoms with Crippen molar-refractivity contribution in [2.75, 3.05) is 12.4 Å². The van der Waals surface area contributed by atoms with Crippen molar-refractivity contribution >= 4 is 11.8 Å². The second kappa shape index (κ2) is 8.31. The van der Waals surface area contributed by atoms with Crippen LogP contribution in [0.3, 0.4) is 0 Å². The third-order valence-corrected chi connectivity index (χ3v) is 5.82. The standard InChI is InChI=1S/C22H28N6O2/c1-14-10-18(30-4)11-19(14)24-22(29)25-21-15(2)20(16-12-23-27(3)13-16)26-28(21)17-8-6-5-7-9-17/h5-9,12-14,18-19H,10-11H2,1-4H3,(H2,24,25,29)/t14-,18+,19-/m1/s1. The Morgan fingerprint density at radius 1 is 1.23 bits per heavy atom. The Labute approximate surface area is 176 Å². The first-order valence-corrected chi connectivity index (χ1v) is 10.2. The Hall–Kier alpha value is -3.13. The highest BCUT2D eigenvalue weighted by molar-refractivity contribution is 5.91. The number of urea groups is 1. The molecule has 1 aliphatic carbocycles. The molecule has 30 heavy (non-hydrogen) atoms. The lowest BCUT2D eigenvalue weighted by atomic mass is 10.1. The number of aromatic nitrogens is 4. The lowest BCUT2D eigenvalue weighted by molar-refractivity contribution is 0.105. The number of carbonyl (C=O) groups excluding carboxylic acids is 1. The first kappa shape index (κ1) is 20.2. The van der Waals surface area contributed by atoms with Crippen LogP contribution in [0.15, 0.2) is 42.7 Å². The molecule has 2 amide bonds. The summed E-state index contributed by atoms with van der Waals surface area (Å²) in [4.78, 5) is 12.9. The van der Waals surface area contributed by atoms with E-state index in [1.807, 2.05) is 50.5 Å². The molecule has 2 N–H and O–H groups in total. The quantitative estimate of drug-likeness (QED) is 0.676. The predicted octanol–water partition coefficient (Wildman–Crippen LogP) is 3.52. The molecule has 3 aromatic rings. The number of nitrogens with one attached hydrogen (secondary N) is 2. The van der Waals surface area contributed by atoms with Crippen molar-refractivity contribution in [2.24, 2.45) is 13.0 Å². The van der Waals surface area contributed by atoms with Gasteiger partial charge in [-0.2, -0.15) is 10.2 Å². The van der Waals surface area contributed by atoms with Crippen LogP contribution in [0, 0.1) is 12.8 Å². The number of aryl methyl sites for hydroxylation is 1. The molecule has 1 aliphatic rings. The number of nitrogens with zero attached hydrogens (tertiary/aromatic N) is 4. The normalized spacial score (nSPS) is 21.0. The Morgan fingerprint density at radius 3 is 2.63 bits per heavy atom. The number of rotatable bonds is 5. The first-order chi connectivity index (χ1) is 14.5. The highest BCUT2D eigenvalue weighted by Crippen LogP contribution is 2.31. The summed E-state index contributed by atoms with van der Waals surface area (Å²) in [7, 11) is 3.59. The summed E-state index contributed by atoms with van der Waals surface area (Å²) in [5.74, 6) is 1.01. The van der Waals surface area contributed by atoms with E-state index in [0.717, 1.165) is 35.3 Å². The number of anilines is 1. The van der Waals surface area contributed by atoms with Gasteiger partial charge in [0.1, 0.15) is 11.5 Å². The van der Waals surface area contributed by atoms with Crippen molar-refractivity contribution in [2.45, 2.75) is 38.8 Å². The van der Waals surface area contributed by atoms with Crippen LogP contribution in [0.5, 0.6) is 0 Å². The average Bonchev–Trinajstić information content (AvgIpc) is 3.41. The molecule has 0 spiro atoms. The summed E-state index contributed by atoms with van der Waals surface area (Å²) in [6.45, 7) is 4.10. The summed E-state index contributed by atoms with van der Waals surface area (Å²) in [5.41, 5.74) is 3.45. The zero-order chi connectivity index (χ0) is 21.3.